The summed E-state index contributed by atoms with van der Waals surface area (Å²) in [5.41, 5.74) is 2.54. The predicted octanol–water partition coefficient (Wildman–Crippen LogP) is 4.94. The van der Waals surface area contributed by atoms with Crippen molar-refractivity contribution in [3.05, 3.63) is 58.4 Å². The Kier molecular flexibility index (Phi) is 3.51. The van der Waals surface area contributed by atoms with E-state index in [1.165, 1.54) is 6.07 Å². The molecule has 0 saturated heterocycles. The van der Waals surface area contributed by atoms with Crippen LogP contribution >= 0.6 is 11.6 Å². The van der Waals surface area contributed by atoms with Crippen LogP contribution in [0, 0.1) is 0 Å². The Balaban J connectivity index is 1.65. The molecule has 3 aliphatic rings. The number of benzene rings is 2. The molecule has 2 atom stereocenters. The van der Waals surface area contributed by atoms with Gasteiger partial charge in [-0.05, 0) is 43.2 Å². The molecule has 5 nitrogen and oxygen atoms in total. The number of rotatable bonds is 3. The Labute approximate surface area is 169 Å². The van der Waals surface area contributed by atoms with Gasteiger partial charge in [-0.1, -0.05) is 17.7 Å². The molecule has 8 heteroatoms. The topological polar surface area (TPSA) is 47.4 Å². The summed E-state index contributed by atoms with van der Waals surface area (Å²) in [6.07, 6.45) is 2.48. The van der Waals surface area contributed by atoms with Crippen molar-refractivity contribution >= 4 is 28.5 Å². The van der Waals surface area contributed by atoms with Crippen LogP contribution in [-0.4, -0.2) is 33.0 Å². The predicted molar refractivity (Wildman–Crippen MR) is 103 cm³/mol. The van der Waals surface area contributed by atoms with E-state index in [0.717, 1.165) is 29.7 Å². The van der Waals surface area contributed by atoms with E-state index < -0.39 is 6.61 Å². The molecular formula is C21H16ClF2N3O2. The second-order valence-electron chi connectivity index (χ2n) is 7.78. The van der Waals surface area contributed by atoms with E-state index >= 15 is 0 Å². The van der Waals surface area contributed by atoms with Crippen LogP contribution in [0.15, 0.2) is 36.4 Å². The fourth-order valence-corrected chi connectivity index (χ4v) is 5.05. The number of imidazole rings is 1. The monoisotopic (exact) mass is 415 g/mol. The number of hydrogen-bond acceptors (Lipinski definition) is 3. The number of amides is 1. The average Bonchev–Trinajstić information content (AvgIpc) is 3.37. The Morgan fingerprint density at radius 1 is 1.17 bits per heavy atom. The van der Waals surface area contributed by atoms with Crippen LogP contribution < -0.4 is 4.74 Å². The molecular weight excluding hydrogens is 400 g/mol. The van der Waals surface area contributed by atoms with Gasteiger partial charge in [0.05, 0.1) is 23.1 Å². The van der Waals surface area contributed by atoms with E-state index in [9.17, 15) is 13.6 Å². The van der Waals surface area contributed by atoms with Crippen molar-refractivity contribution in [2.24, 2.45) is 0 Å². The van der Waals surface area contributed by atoms with E-state index in [-0.39, 0.29) is 29.8 Å². The number of aromatic nitrogens is 2. The van der Waals surface area contributed by atoms with E-state index in [4.69, 9.17) is 21.3 Å². The number of carbonyl (C=O) groups excluding carboxylic acids is 1. The van der Waals surface area contributed by atoms with Gasteiger partial charge < -0.3 is 14.2 Å². The zero-order valence-electron chi connectivity index (χ0n) is 15.2. The summed E-state index contributed by atoms with van der Waals surface area (Å²) in [6, 6.07) is 9.91. The molecule has 1 fully saturated rings. The van der Waals surface area contributed by atoms with Crippen molar-refractivity contribution in [2.45, 2.75) is 44.0 Å². The summed E-state index contributed by atoms with van der Waals surface area (Å²) in [6.45, 7) is -2.97. The summed E-state index contributed by atoms with van der Waals surface area (Å²) >= 11 is 6.24. The van der Waals surface area contributed by atoms with Gasteiger partial charge in [-0.25, -0.2) is 4.98 Å². The number of halogens is 3. The van der Waals surface area contributed by atoms with Crippen LogP contribution in [0.2, 0.25) is 5.02 Å². The lowest BCUT2D eigenvalue weighted by Crippen LogP contribution is -2.36. The quantitative estimate of drug-likeness (QED) is 0.608. The maximum atomic E-state index is 13.4. The van der Waals surface area contributed by atoms with Crippen molar-refractivity contribution in [3.63, 3.8) is 0 Å². The van der Waals surface area contributed by atoms with E-state index in [1.807, 2.05) is 21.6 Å². The highest BCUT2D eigenvalue weighted by atomic mass is 35.5. The van der Waals surface area contributed by atoms with Crippen molar-refractivity contribution < 1.29 is 18.3 Å². The number of ether oxygens (including phenoxy) is 1. The van der Waals surface area contributed by atoms with Crippen LogP contribution in [0.4, 0.5) is 8.78 Å². The minimum absolute atomic E-state index is 0.0453. The van der Waals surface area contributed by atoms with Crippen LogP contribution in [0.1, 0.15) is 53.1 Å². The number of hydrogen-bond donors (Lipinski definition) is 0. The van der Waals surface area contributed by atoms with Gasteiger partial charge in [0, 0.05) is 28.6 Å². The Morgan fingerprint density at radius 2 is 2.00 bits per heavy atom. The summed E-state index contributed by atoms with van der Waals surface area (Å²) in [4.78, 5) is 20.1. The molecule has 3 aromatic rings. The molecule has 0 spiro atoms. The number of nitrogens with zero attached hydrogens (tertiary/aromatic N) is 3. The molecule has 2 aliphatic heterocycles. The first kappa shape index (κ1) is 17.2. The zero-order chi connectivity index (χ0) is 19.9. The third-order valence-corrected chi connectivity index (χ3v) is 6.33. The highest BCUT2D eigenvalue weighted by Crippen LogP contribution is 2.52. The van der Waals surface area contributed by atoms with Gasteiger partial charge in [0.1, 0.15) is 11.6 Å². The van der Waals surface area contributed by atoms with Crippen LogP contribution in [0.3, 0.4) is 0 Å². The first-order valence-corrected chi connectivity index (χ1v) is 9.98. The molecule has 0 N–H and O–H groups in total. The first-order chi connectivity index (χ1) is 14.0. The standard InChI is InChI=1S/C21H16ClF2N3O2/c22-10-4-7-13-14(8-10)27-15-9-16(19(27)25-13)26(11-5-6-11)20(28)12-2-1-3-17(18(12)15)29-21(23)24/h1-4,7-8,11,15-16,21H,5-6,9H2/t15-,16-/m1/s1. The third kappa shape index (κ3) is 2.43. The van der Waals surface area contributed by atoms with Gasteiger partial charge in [-0.3, -0.25) is 4.79 Å². The SMILES string of the molecule is O=C1c2cccc(OC(F)F)c2[C@H]2C[C@H](c3nc4ccc(Cl)cc4n32)N1C1CC1. The van der Waals surface area contributed by atoms with Gasteiger partial charge in [0.15, 0.2) is 0 Å². The summed E-state index contributed by atoms with van der Waals surface area (Å²) < 4.78 is 33.2. The molecule has 0 unspecified atom stereocenters. The lowest BCUT2D eigenvalue weighted by atomic mass is 9.97. The molecule has 1 aromatic heterocycles. The third-order valence-electron chi connectivity index (χ3n) is 6.09. The highest BCUT2D eigenvalue weighted by molar-refractivity contribution is 6.31. The van der Waals surface area contributed by atoms with E-state index in [1.54, 1.807) is 18.2 Å². The molecule has 1 aliphatic carbocycles. The van der Waals surface area contributed by atoms with Crippen LogP contribution in [0.5, 0.6) is 5.75 Å². The Hall–Kier alpha value is -2.67. The summed E-state index contributed by atoms with van der Waals surface area (Å²) in [5, 5.41) is 0.576. The molecule has 148 valence electrons. The fourth-order valence-electron chi connectivity index (χ4n) is 4.88. The molecule has 0 radical (unpaired) electrons. The Morgan fingerprint density at radius 3 is 2.76 bits per heavy atom. The molecule has 1 saturated carbocycles. The molecule has 3 heterocycles. The molecule has 29 heavy (non-hydrogen) atoms. The lowest BCUT2D eigenvalue weighted by Gasteiger charge is -2.28. The number of alkyl halides is 2. The van der Waals surface area contributed by atoms with Crippen molar-refractivity contribution in [3.8, 4) is 5.75 Å². The van der Waals surface area contributed by atoms with Gasteiger partial charge in [-0.2, -0.15) is 8.78 Å². The minimum Gasteiger partial charge on any atom is -0.434 e. The second-order valence-corrected chi connectivity index (χ2v) is 8.22. The van der Waals surface area contributed by atoms with Crippen molar-refractivity contribution in [2.75, 3.05) is 0 Å². The van der Waals surface area contributed by atoms with Gasteiger partial charge in [0.25, 0.3) is 5.91 Å². The molecule has 2 aromatic carbocycles. The van der Waals surface area contributed by atoms with E-state index in [0.29, 0.717) is 22.6 Å². The minimum atomic E-state index is -2.97. The largest absolute Gasteiger partial charge is 0.434 e. The molecule has 2 bridgehead atoms. The van der Waals surface area contributed by atoms with Gasteiger partial charge >= 0.3 is 6.61 Å². The first-order valence-electron chi connectivity index (χ1n) is 9.60. The zero-order valence-corrected chi connectivity index (χ0v) is 15.9. The van der Waals surface area contributed by atoms with E-state index in [2.05, 4.69) is 0 Å². The average molecular weight is 416 g/mol. The summed E-state index contributed by atoms with van der Waals surface area (Å²) in [5.74, 6) is 0.694. The van der Waals surface area contributed by atoms with Crippen LogP contribution in [0.25, 0.3) is 11.0 Å². The Bertz CT molecular complexity index is 1170. The second kappa shape index (κ2) is 5.92. The fraction of sp³-hybridized carbons (Fsp3) is 0.333. The normalized spacial score (nSPS) is 22.8. The van der Waals surface area contributed by atoms with Crippen molar-refractivity contribution in [1.29, 1.82) is 0 Å². The highest BCUT2D eigenvalue weighted by Gasteiger charge is 2.50. The van der Waals surface area contributed by atoms with Gasteiger partial charge in [-0.15, -0.1) is 0 Å². The maximum absolute atomic E-state index is 13.4. The molecule has 1 amide bonds. The number of carbonyl (C=O) groups is 1. The van der Waals surface area contributed by atoms with Crippen molar-refractivity contribution in [1.82, 2.24) is 14.5 Å². The lowest BCUT2D eigenvalue weighted by molar-refractivity contribution is -0.0507. The molecule has 6 rings (SSSR count). The van der Waals surface area contributed by atoms with Gasteiger partial charge in [0.2, 0.25) is 0 Å². The smallest absolute Gasteiger partial charge is 0.387 e. The summed E-state index contributed by atoms with van der Waals surface area (Å²) in [7, 11) is 0. The number of fused-ring (bicyclic) bond motifs is 9. The van der Waals surface area contributed by atoms with Crippen LogP contribution in [-0.2, 0) is 0 Å². The maximum Gasteiger partial charge on any atom is 0.387 e.